The van der Waals surface area contributed by atoms with Crippen LogP contribution in [-0.4, -0.2) is 47.8 Å². The molecule has 0 aromatic heterocycles. The van der Waals surface area contributed by atoms with Gasteiger partial charge in [-0.1, -0.05) is 20.3 Å². The lowest BCUT2D eigenvalue weighted by atomic mass is 9.68. The molecular weight excluding hydrogens is 218 g/mol. The molecule has 0 bridgehead atoms. The molecule has 0 aromatic rings. The molecule has 0 aromatic carbocycles. The zero-order valence-electron chi connectivity index (χ0n) is 10.8. The quantitative estimate of drug-likeness (QED) is 0.797. The Labute approximate surface area is 103 Å². The highest BCUT2D eigenvalue weighted by molar-refractivity contribution is 5.79. The number of rotatable bonds is 2. The van der Waals surface area contributed by atoms with E-state index in [1.54, 1.807) is 0 Å². The normalized spacial score (nSPS) is 40.1. The fraction of sp³-hybridized carbons (Fsp3) is 0.923. The average Bonchev–Trinajstić information content (AvgIpc) is 2.33. The van der Waals surface area contributed by atoms with E-state index in [2.05, 4.69) is 18.7 Å². The molecule has 1 heterocycles. The highest BCUT2D eigenvalue weighted by Gasteiger charge is 2.51. The van der Waals surface area contributed by atoms with Crippen LogP contribution in [0, 0.1) is 11.8 Å². The van der Waals surface area contributed by atoms with Gasteiger partial charge >= 0.3 is 5.97 Å². The average molecular weight is 241 g/mol. The third kappa shape index (κ3) is 2.20. The molecule has 1 N–H and O–H groups in total. The van der Waals surface area contributed by atoms with Crippen molar-refractivity contribution in [3.63, 3.8) is 0 Å². The van der Waals surface area contributed by atoms with Gasteiger partial charge in [0.2, 0.25) is 0 Å². The van der Waals surface area contributed by atoms with Gasteiger partial charge in [-0.25, -0.2) is 0 Å². The van der Waals surface area contributed by atoms with Crippen LogP contribution in [0.2, 0.25) is 0 Å². The largest absolute Gasteiger partial charge is 0.480 e. The Bertz CT molecular complexity index is 288. The molecule has 98 valence electrons. The summed E-state index contributed by atoms with van der Waals surface area (Å²) in [5.74, 6) is 0.0953. The first-order valence-corrected chi connectivity index (χ1v) is 6.63. The maximum Gasteiger partial charge on any atom is 0.324 e. The summed E-state index contributed by atoms with van der Waals surface area (Å²) in [6.45, 7) is 7.10. The third-order valence-corrected chi connectivity index (χ3v) is 4.51. The highest BCUT2D eigenvalue weighted by atomic mass is 16.5. The number of nitrogens with zero attached hydrogens (tertiary/aromatic N) is 1. The molecule has 3 atom stereocenters. The first-order valence-electron chi connectivity index (χ1n) is 6.63. The van der Waals surface area contributed by atoms with Crippen LogP contribution in [0.5, 0.6) is 0 Å². The van der Waals surface area contributed by atoms with Crippen molar-refractivity contribution in [2.24, 2.45) is 11.8 Å². The van der Waals surface area contributed by atoms with E-state index in [4.69, 9.17) is 4.74 Å². The summed E-state index contributed by atoms with van der Waals surface area (Å²) in [6.07, 6.45) is 2.95. The number of carboxylic acid groups (broad SMARTS) is 1. The summed E-state index contributed by atoms with van der Waals surface area (Å²) in [7, 11) is 0. The number of hydrogen-bond donors (Lipinski definition) is 1. The van der Waals surface area contributed by atoms with E-state index in [0.29, 0.717) is 19.1 Å². The zero-order chi connectivity index (χ0) is 12.5. The van der Waals surface area contributed by atoms with Gasteiger partial charge < -0.3 is 9.84 Å². The first kappa shape index (κ1) is 12.8. The molecule has 2 rings (SSSR count). The Hall–Kier alpha value is -0.610. The number of ether oxygens (including phenoxy) is 1. The maximum absolute atomic E-state index is 11.8. The van der Waals surface area contributed by atoms with E-state index >= 15 is 0 Å². The molecule has 2 fully saturated rings. The molecule has 0 radical (unpaired) electrons. The first-order chi connectivity index (χ1) is 8.07. The fourth-order valence-corrected chi connectivity index (χ4v) is 3.44. The standard InChI is InChI=1S/C13H23NO3/c1-10-3-4-11(2)13(9-10,12(15)16)14-5-7-17-8-6-14/h10-11H,3-9H2,1-2H3,(H,15,16). The van der Waals surface area contributed by atoms with Crippen LogP contribution in [-0.2, 0) is 9.53 Å². The molecule has 4 heteroatoms. The fourth-order valence-electron chi connectivity index (χ4n) is 3.44. The molecular formula is C13H23NO3. The number of aliphatic carboxylic acids is 1. The van der Waals surface area contributed by atoms with Gasteiger partial charge in [0.1, 0.15) is 5.54 Å². The second-order valence-electron chi connectivity index (χ2n) is 5.62. The molecule has 3 unspecified atom stereocenters. The molecule has 2 aliphatic rings. The molecule has 0 spiro atoms. The summed E-state index contributed by atoms with van der Waals surface area (Å²) < 4.78 is 5.34. The molecule has 17 heavy (non-hydrogen) atoms. The van der Waals surface area contributed by atoms with Crippen molar-refractivity contribution in [2.75, 3.05) is 26.3 Å². The summed E-state index contributed by atoms with van der Waals surface area (Å²) in [6, 6.07) is 0. The van der Waals surface area contributed by atoms with Crippen molar-refractivity contribution >= 4 is 5.97 Å². The topological polar surface area (TPSA) is 49.8 Å². The van der Waals surface area contributed by atoms with Crippen molar-refractivity contribution < 1.29 is 14.6 Å². The van der Waals surface area contributed by atoms with Gasteiger partial charge in [-0.15, -0.1) is 0 Å². The molecule has 1 aliphatic heterocycles. The van der Waals surface area contributed by atoms with Crippen molar-refractivity contribution in [1.82, 2.24) is 4.90 Å². The van der Waals surface area contributed by atoms with Gasteiger partial charge in [-0.2, -0.15) is 0 Å². The van der Waals surface area contributed by atoms with Gasteiger partial charge in [0.25, 0.3) is 0 Å². The van der Waals surface area contributed by atoms with E-state index in [1.165, 1.54) is 0 Å². The van der Waals surface area contributed by atoms with Crippen LogP contribution in [0.4, 0.5) is 0 Å². The summed E-state index contributed by atoms with van der Waals surface area (Å²) in [4.78, 5) is 14.0. The number of carboxylic acids is 1. The Kier molecular flexibility index (Phi) is 3.73. The lowest BCUT2D eigenvalue weighted by molar-refractivity contribution is -0.165. The molecule has 1 saturated heterocycles. The molecule has 4 nitrogen and oxygen atoms in total. The van der Waals surface area contributed by atoms with Crippen molar-refractivity contribution in [1.29, 1.82) is 0 Å². The van der Waals surface area contributed by atoms with Gasteiger partial charge in [0.05, 0.1) is 13.2 Å². The predicted molar refractivity (Wildman–Crippen MR) is 64.9 cm³/mol. The van der Waals surface area contributed by atoms with E-state index < -0.39 is 11.5 Å². The Morgan fingerprint density at radius 2 is 1.94 bits per heavy atom. The van der Waals surface area contributed by atoms with E-state index in [-0.39, 0.29) is 5.92 Å². The van der Waals surface area contributed by atoms with Crippen LogP contribution in [0.25, 0.3) is 0 Å². The minimum atomic E-state index is -0.651. The Morgan fingerprint density at radius 3 is 2.53 bits per heavy atom. The van der Waals surface area contributed by atoms with Crippen molar-refractivity contribution in [3.8, 4) is 0 Å². The van der Waals surface area contributed by atoms with Gasteiger partial charge in [0, 0.05) is 13.1 Å². The number of morpholine rings is 1. The van der Waals surface area contributed by atoms with E-state index in [9.17, 15) is 9.90 Å². The van der Waals surface area contributed by atoms with Crippen LogP contribution in [0.3, 0.4) is 0 Å². The minimum absolute atomic E-state index is 0.231. The Balaban J connectivity index is 2.25. The third-order valence-electron chi connectivity index (χ3n) is 4.51. The van der Waals surface area contributed by atoms with Gasteiger partial charge in [-0.3, -0.25) is 9.69 Å². The second-order valence-corrected chi connectivity index (χ2v) is 5.62. The van der Waals surface area contributed by atoms with Gasteiger partial charge in [-0.05, 0) is 24.7 Å². The van der Waals surface area contributed by atoms with E-state index in [1.807, 2.05) is 0 Å². The van der Waals surface area contributed by atoms with Gasteiger partial charge in [0.15, 0.2) is 0 Å². The van der Waals surface area contributed by atoms with Crippen LogP contribution in [0.1, 0.15) is 33.1 Å². The van der Waals surface area contributed by atoms with Crippen LogP contribution in [0.15, 0.2) is 0 Å². The number of carbonyl (C=O) groups is 1. The molecule has 1 aliphatic carbocycles. The Morgan fingerprint density at radius 1 is 1.29 bits per heavy atom. The lowest BCUT2D eigenvalue weighted by Gasteiger charge is -2.50. The van der Waals surface area contributed by atoms with Crippen LogP contribution < -0.4 is 0 Å². The summed E-state index contributed by atoms with van der Waals surface area (Å²) >= 11 is 0. The van der Waals surface area contributed by atoms with Crippen molar-refractivity contribution in [3.05, 3.63) is 0 Å². The van der Waals surface area contributed by atoms with E-state index in [0.717, 1.165) is 32.4 Å². The summed E-state index contributed by atoms with van der Waals surface area (Å²) in [5, 5.41) is 9.75. The second kappa shape index (κ2) is 4.94. The highest BCUT2D eigenvalue weighted by Crippen LogP contribution is 2.41. The molecule has 1 saturated carbocycles. The van der Waals surface area contributed by atoms with Crippen molar-refractivity contribution in [2.45, 2.75) is 38.6 Å². The SMILES string of the molecule is CC1CCC(C)C(C(=O)O)(N2CCOCC2)C1. The zero-order valence-corrected chi connectivity index (χ0v) is 10.8. The monoisotopic (exact) mass is 241 g/mol. The maximum atomic E-state index is 11.8. The predicted octanol–water partition coefficient (Wildman–Crippen LogP) is 1.60. The number of hydrogen-bond acceptors (Lipinski definition) is 3. The summed E-state index contributed by atoms with van der Waals surface area (Å²) in [5.41, 5.74) is -0.651. The van der Waals surface area contributed by atoms with Crippen LogP contribution >= 0.6 is 0 Å². The smallest absolute Gasteiger partial charge is 0.324 e. The molecule has 0 amide bonds. The lowest BCUT2D eigenvalue weighted by Crippen LogP contribution is -2.63. The minimum Gasteiger partial charge on any atom is -0.480 e.